The van der Waals surface area contributed by atoms with Gasteiger partial charge in [0.1, 0.15) is 0 Å². The highest BCUT2D eigenvalue weighted by Crippen LogP contribution is 2.50. The normalized spacial score (nSPS) is 32.5. The van der Waals surface area contributed by atoms with Crippen molar-refractivity contribution in [1.82, 2.24) is 5.32 Å². The van der Waals surface area contributed by atoms with E-state index in [0.29, 0.717) is 5.41 Å². The van der Waals surface area contributed by atoms with Crippen LogP contribution in [0.4, 0.5) is 0 Å². The standard InChI is InChI=1S/C19H37N/c1-6-9-20-18(10-14(2)19(3,4)5)13-17-12-15-7-8-16(17)11-15/h14-18,20H,6-13H2,1-5H3. The minimum absolute atomic E-state index is 0.445. The largest absolute Gasteiger partial charge is 0.314 e. The molecule has 0 heterocycles. The highest BCUT2D eigenvalue weighted by Gasteiger charge is 2.40. The van der Waals surface area contributed by atoms with Crippen LogP contribution in [0.5, 0.6) is 0 Å². The summed E-state index contributed by atoms with van der Waals surface area (Å²) in [5, 5.41) is 3.86. The maximum absolute atomic E-state index is 3.86. The van der Waals surface area contributed by atoms with Crippen molar-refractivity contribution in [1.29, 1.82) is 0 Å². The number of hydrogen-bond donors (Lipinski definition) is 1. The zero-order valence-corrected chi connectivity index (χ0v) is 14.5. The molecule has 2 rings (SSSR count). The molecule has 1 nitrogen and oxygen atoms in total. The van der Waals surface area contributed by atoms with Crippen molar-refractivity contribution in [3.63, 3.8) is 0 Å². The lowest BCUT2D eigenvalue weighted by atomic mass is 9.76. The van der Waals surface area contributed by atoms with E-state index in [1.165, 1.54) is 38.6 Å². The minimum atomic E-state index is 0.445. The lowest BCUT2D eigenvalue weighted by Gasteiger charge is -2.34. The van der Waals surface area contributed by atoms with Gasteiger partial charge in [-0.3, -0.25) is 0 Å². The van der Waals surface area contributed by atoms with Gasteiger partial charge in [0.15, 0.2) is 0 Å². The zero-order chi connectivity index (χ0) is 14.8. The van der Waals surface area contributed by atoms with Crippen molar-refractivity contribution in [2.24, 2.45) is 29.1 Å². The van der Waals surface area contributed by atoms with E-state index in [-0.39, 0.29) is 0 Å². The number of nitrogens with one attached hydrogen (secondary N) is 1. The predicted molar refractivity (Wildman–Crippen MR) is 88.9 cm³/mol. The van der Waals surface area contributed by atoms with Crippen LogP contribution in [0.15, 0.2) is 0 Å². The third-order valence-corrected chi connectivity index (χ3v) is 6.27. The van der Waals surface area contributed by atoms with Crippen molar-refractivity contribution < 1.29 is 0 Å². The van der Waals surface area contributed by atoms with Crippen molar-refractivity contribution in [2.45, 2.75) is 85.6 Å². The van der Waals surface area contributed by atoms with Gasteiger partial charge < -0.3 is 5.32 Å². The van der Waals surface area contributed by atoms with Crippen LogP contribution in [0, 0.1) is 29.1 Å². The molecule has 2 aliphatic rings. The van der Waals surface area contributed by atoms with E-state index in [1.807, 2.05) is 0 Å². The lowest BCUT2D eigenvalue weighted by Crippen LogP contribution is -2.36. The summed E-state index contributed by atoms with van der Waals surface area (Å²) in [6, 6.07) is 0.758. The van der Waals surface area contributed by atoms with Gasteiger partial charge >= 0.3 is 0 Å². The number of hydrogen-bond acceptors (Lipinski definition) is 1. The Kier molecular flexibility index (Phi) is 5.56. The fraction of sp³-hybridized carbons (Fsp3) is 1.00. The molecule has 0 aromatic rings. The maximum Gasteiger partial charge on any atom is 0.00725 e. The minimum Gasteiger partial charge on any atom is -0.314 e. The fourth-order valence-electron chi connectivity index (χ4n) is 4.42. The molecule has 1 N–H and O–H groups in total. The molecular formula is C19H37N. The van der Waals surface area contributed by atoms with E-state index >= 15 is 0 Å². The molecule has 2 aliphatic carbocycles. The summed E-state index contributed by atoms with van der Waals surface area (Å²) in [5.74, 6) is 4.01. The molecule has 0 aromatic heterocycles. The molecule has 0 aliphatic heterocycles. The Labute approximate surface area is 127 Å². The lowest BCUT2D eigenvalue weighted by molar-refractivity contribution is 0.196. The third kappa shape index (κ3) is 4.23. The van der Waals surface area contributed by atoms with Gasteiger partial charge in [-0.1, -0.05) is 41.0 Å². The molecule has 5 unspecified atom stereocenters. The predicted octanol–water partition coefficient (Wildman–Crippen LogP) is 5.25. The fourth-order valence-corrected chi connectivity index (χ4v) is 4.42. The summed E-state index contributed by atoms with van der Waals surface area (Å²) in [4.78, 5) is 0. The van der Waals surface area contributed by atoms with E-state index in [9.17, 15) is 0 Å². The quantitative estimate of drug-likeness (QED) is 0.671. The van der Waals surface area contributed by atoms with E-state index in [2.05, 4.69) is 39.9 Å². The SMILES string of the molecule is CCCNC(CC1CC2CCC1C2)CC(C)C(C)(C)C. The monoisotopic (exact) mass is 279 g/mol. The Bertz CT molecular complexity index is 291. The van der Waals surface area contributed by atoms with Gasteiger partial charge in [0, 0.05) is 6.04 Å². The van der Waals surface area contributed by atoms with Crippen LogP contribution in [-0.2, 0) is 0 Å². The van der Waals surface area contributed by atoms with E-state index < -0.39 is 0 Å². The molecule has 5 atom stereocenters. The summed E-state index contributed by atoms with van der Waals surface area (Å²) < 4.78 is 0. The van der Waals surface area contributed by atoms with Crippen molar-refractivity contribution in [3.8, 4) is 0 Å². The molecule has 2 saturated carbocycles. The van der Waals surface area contributed by atoms with Crippen LogP contribution >= 0.6 is 0 Å². The highest BCUT2D eigenvalue weighted by molar-refractivity contribution is 4.92. The summed E-state index contributed by atoms with van der Waals surface area (Å²) >= 11 is 0. The van der Waals surface area contributed by atoms with Gasteiger partial charge in [0.05, 0.1) is 0 Å². The Balaban J connectivity index is 1.86. The van der Waals surface area contributed by atoms with E-state index in [0.717, 1.165) is 29.7 Å². The highest BCUT2D eigenvalue weighted by atomic mass is 14.9. The molecule has 20 heavy (non-hydrogen) atoms. The third-order valence-electron chi connectivity index (χ3n) is 6.27. The first-order chi connectivity index (χ1) is 9.40. The van der Waals surface area contributed by atoms with Gasteiger partial charge in [-0.2, -0.15) is 0 Å². The van der Waals surface area contributed by atoms with Crippen LogP contribution in [-0.4, -0.2) is 12.6 Å². The van der Waals surface area contributed by atoms with Gasteiger partial charge in [-0.25, -0.2) is 0 Å². The summed E-state index contributed by atoms with van der Waals surface area (Å²) in [6.45, 7) is 13.1. The van der Waals surface area contributed by atoms with Gasteiger partial charge in [0.2, 0.25) is 0 Å². The van der Waals surface area contributed by atoms with Crippen LogP contribution < -0.4 is 5.32 Å². The molecule has 2 bridgehead atoms. The van der Waals surface area contributed by atoms with Crippen molar-refractivity contribution in [2.75, 3.05) is 6.54 Å². The molecule has 0 saturated heterocycles. The van der Waals surface area contributed by atoms with Crippen LogP contribution in [0.3, 0.4) is 0 Å². The average molecular weight is 280 g/mol. The molecule has 0 spiro atoms. The molecule has 0 radical (unpaired) electrons. The second-order valence-corrected chi connectivity index (χ2v) is 8.82. The topological polar surface area (TPSA) is 12.0 Å². The first-order valence-corrected chi connectivity index (χ1v) is 9.13. The Morgan fingerprint density at radius 2 is 1.90 bits per heavy atom. The van der Waals surface area contributed by atoms with E-state index in [4.69, 9.17) is 0 Å². The van der Waals surface area contributed by atoms with Crippen molar-refractivity contribution >= 4 is 0 Å². The summed E-state index contributed by atoms with van der Waals surface area (Å²) in [5.41, 5.74) is 0.445. The number of fused-ring (bicyclic) bond motifs is 2. The second kappa shape index (κ2) is 6.81. The molecule has 1 heteroatoms. The first kappa shape index (κ1) is 16.3. The summed E-state index contributed by atoms with van der Waals surface area (Å²) in [7, 11) is 0. The van der Waals surface area contributed by atoms with Crippen LogP contribution in [0.25, 0.3) is 0 Å². The van der Waals surface area contributed by atoms with Gasteiger partial charge in [-0.15, -0.1) is 0 Å². The average Bonchev–Trinajstić information content (AvgIpc) is 2.96. The second-order valence-electron chi connectivity index (χ2n) is 8.82. The molecule has 118 valence electrons. The van der Waals surface area contributed by atoms with Gasteiger partial charge in [-0.05, 0) is 74.2 Å². The smallest absolute Gasteiger partial charge is 0.00725 e. The Hall–Kier alpha value is -0.0400. The molecule has 0 aromatic carbocycles. The molecule has 2 fully saturated rings. The number of rotatable bonds is 7. The zero-order valence-electron chi connectivity index (χ0n) is 14.5. The molecule has 0 amide bonds. The summed E-state index contributed by atoms with van der Waals surface area (Å²) in [6.07, 6.45) is 10.2. The van der Waals surface area contributed by atoms with Crippen LogP contribution in [0.1, 0.15) is 79.6 Å². The van der Waals surface area contributed by atoms with Crippen LogP contribution in [0.2, 0.25) is 0 Å². The van der Waals surface area contributed by atoms with Crippen molar-refractivity contribution in [3.05, 3.63) is 0 Å². The molecular weight excluding hydrogens is 242 g/mol. The Morgan fingerprint density at radius 1 is 1.15 bits per heavy atom. The Morgan fingerprint density at radius 3 is 2.40 bits per heavy atom. The first-order valence-electron chi connectivity index (χ1n) is 9.13. The van der Waals surface area contributed by atoms with Gasteiger partial charge in [0.25, 0.3) is 0 Å². The van der Waals surface area contributed by atoms with E-state index in [1.54, 1.807) is 12.8 Å². The maximum atomic E-state index is 3.86.